The molecule has 8 heteroatoms. The molecule has 2 atom stereocenters. The molecule has 3 rings (SSSR count). The van der Waals surface area contributed by atoms with Gasteiger partial charge < -0.3 is 28.8 Å². The number of carbonyl (C=O) groups is 2. The largest absolute Gasteiger partial charge is 0.504 e. The molecule has 0 radical (unpaired) electrons. The topological polar surface area (TPSA) is 101 Å². The van der Waals surface area contributed by atoms with E-state index in [1.54, 1.807) is 25.3 Å². The highest BCUT2D eigenvalue weighted by atomic mass is 16.5. The molecule has 0 aromatic heterocycles. The summed E-state index contributed by atoms with van der Waals surface area (Å²) in [5.41, 5.74) is 2.38. The van der Waals surface area contributed by atoms with Gasteiger partial charge in [0.1, 0.15) is 19.3 Å². The summed E-state index contributed by atoms with van der Waals surface area (Å²) in [6.45, 7) is 2.95. The van der Waals surface area contributed by atoms with E-state index in [1.807, 2.05) is 18.2 Å². The van der Waals surface area contributed by atoms with E-state index in [4.69, 9.17) is 23.7 Å². The number of fused-ring (bicyclic) bond motifs is 1. The van der Waals surface area contributed by atoms with Gasteiger partial charge in [-0.2, -0.15) is 0 Å². The minimum absolute atomic E-state index is 0.0149. The Morgan fingerprint density at radius 2 is 1.75 bits per heavy atom. The standard InChI is InChI=1S/C24H26O8/c1-14(25)30-9-5-6-16-10-18-19(13-31-15(2)26)23(32-24(18)22(11-16)29-4)17-7-8-20(27)21(12-17)28-3/h5-8,10-12,19,23,27H,9,13H2,1-4H3/t19-,23-/m1/s1. The number of phenolic OH excluding ortho intramolecular Hbond substituents is 1. The maximum atomic E-state index is 11.5. The molecule has 2 aromatic rings. The summed E-state index contributed by atoms with van der Waals surface area (Å²) in [6, 6.07) is 8.70. The molecule has 0 fully saturated rings. The second-order valence-corrected chi connectivity index (χ2v) is 7.23. The summed E-state index contributed by atoms with van der Waals surface area (Å²) in [6.07, 6.45) is 3.04. The molecule has 0 unspecified atom stereocenters. The van der Waals surface area contributed by atoms with Crippen molar-refractivity contribution in [2.45, 2.75) is 25.9 Å². The molecule has 170 valence electrons. The van der Waals surface area contributed by atoms with E-state index < -0.39 is 12.1 Å². The highest BCUT2D eigenvalue weighted by Crippen LogP contribution is 2.51. The molecule has 0 spiro atoms. The van der Waals surface area contributed by atoms with E-state index in [-0.39, 0.29) is 30.9 Å². The molecule has 0 bridgehead atoms. The summed E-state index contributed by atoms with van der Waals surface area (Å²) in [5, 5.41) is 9.95. The molecule has 0 saturated heterocycles. The van der Waals surface area contributed by atoms with Gasteiger partial charge in [-0.05, 0) is 41.5 Å². The number of carbonyl (C=O) groups excluding carboxylic acids is 2. The van der Waals surface area contributed by atoms with E-state index in [1.165, 1.54) is 27.0 Å². The van der Waals surface area contributed by atoms with Crippen molar-refractivity contribution < 1.29 is 38.4 Å². The molecule has 2 aromatic carbocycles. The third-order valence-electron chi connectivity index (χ3n) is 5.03. The average Bonchev–Trinajstić information content (AvgIpc) is 3.13. The maximum Gasteiger partial charge on any atom is 0.302 e. The van der Waals surface area contributed by atoms with E-state index in [0.717, 1.165) is 16.7 Å². The first-order chi connectivity index (χ1) is 15.3. The summed E-state index contributed by atoms with van der Waals surface area (Å²) >= 11 is 0. The molecule has 32 heavy (non-hydrogen) atoms. The van der Waals surface area contributed by atoms with Gasteiger partial charge in [0.05, 0.1) is 20.1 Å². The second-order valence-electron chi connectivity index (χ2n) is 7.23. The van der Waals surface area contributed by atoms with Gasteiger partial charge in [-0.15, -0.1) is 0 Å². The number of esters is 2. The van der Waals surface area contributed by atoms with Crippen LogP contribution in [0.5, 0.6) is 23.0 Å². The number of methoxy groups -OCH3 is 2. The maximum absolute atomic E-state index is 11.5. The van der Waals surface area contributed by atoms with Gasteiger partial charge in [0, 0.05) is 19.4 Å². The summed E-state index contributed by atoms with van der Waals surface area (Å²) in [7, 11) is 3.01. The fourth-order valence-corrected chi connectivity index (χ4v) is 3.57. The zero-order valence-electron chi connectivity index (χ0n) is 18.4. The summed E-state index contributed by atoms with van der Waals surface area (Å²) in [4.78, 5) is 22.5. The summed E-state index contributed by atoms with van der Waals surface area (Å²) < 4.78 is 27.3. The third kappa shape index (κ3) is 5.14. The zero-order chi connectivity index (χ0) is 23.3. The number of hydrogen-bond acceptors (Lipinski definition) is 8. The molecule has 1 aliphatic rings. The van der Waals surface area contributed by atoms with Crippen LogP contribution in [0.1, 0.15) is 42.6 Å². The van der Waals surface area contributed by atoms with Crippen LogP contribution in [0.4, 0.5) is 0 Å². The van der Waals surface area contributed by atoms with Crippen LogP contribution in [-0.4, -0.2) is 44.5 Å². The quantitative estimate of drug-likeness (QED) is 0.617. The number of aromatic hydroxyl groups is 1. The predicted molar refractivity (Wildman–Crippen MR) is 116 cm³/mol. The third-order valence-corrected chi connectivity index (χ3v) is 5.03. The molecule has 0 aliphatic carbocycles. The van der Waals surface area contributed by atoms with Crippen molar-refractivity contribution in [1.82, 2.24) is 0 Å². The lowest BCUT2D eigenvalue weighted by atomic mass is 9.90. The van der Waals surface area contributed by atoms with Gasteiger partial charge in [0.25, 0.3) is 0 Å². The Hall–Kier alpha value is -3.68. The van der Waals surface area contributed by atoms with Crippen molar-refractivity contribution in [3.63, 3.8) is 0 Å². The van der Waals surface area contributed by atoms with Gasteiger partial charge in [0.15, 0.2) is 23.0 Å². The van der Waals surface area contributed by atoms with Gasteiger partial charge in [-0.1, -0.05) is 12.1 Å². The van der Waals surface area contributed by atoms with E-state index in [0.29, 0.717) is 17.2 Å². The van der Waals surface area contributed by atoms with E-state index in [2.05, 4.69) is 0 Å². The van der Waals surface area contributed by atoms with Crippen molar-refractivity contribution in [3.05, 3.63) is 53.1 Å². The second kappa shape index (κ2) is 10.1. The molecular weight excluding hydrogens is 416 g/mol. The molecule has 1 N–H and O–H groups in total. The fraction of sp³-hybridized carbons (Fsp3) is 0.333. The van der Waals surface area contributed by atoms with Crippen molar-refractivity contribution in [3.8, 4) is 23.0 Å². The van der Waals surface area contributed by atoms with Crippen LogP contribution in [0.3, 0.4) is 0 Å². The minimum atomic E-state index is -0.493. The zero-order valence-corrected chi connectivity index (χ0v) is 18.4. The lowest BCUT2D eigenvalue weighted by molar-refractivity contribution is -0.142. The number of benzene rings is 2. The van der Waals surface area contributed by atoms with E-state index >= 15 is 0 Å². The first-order valence-corrected chi connectivity index (χ1v) is 10.0. The Kier molecular flexibility index (Phi) is 7.25. The van der Waals surface area contributed by atoms with Crippen molar-refractivity contribution in [2.24, 2.45) is 0 Å². The normalized spacial score (nSPS) is 16.9. The number of ether oxygens (including phenoxy) is 5. The molecule has 0 amide bonds. The van der Waals surface area contributed by atoms with Crippen molar-refractivity contribution in [2.75, 3.05) is 27.4 Å². The minimum Gasteiger partial charge on any atom is -0.504 e. The Bertz CT molecular complexity index is 1030. The van der Waals surface area contributed by atoms with Crippen LogP contribution in [-0.2, 0) is 19.1 Å². The smallest absolute Gasteiger partial charge is 0.302 e. The average molecular weight is 442 g/mol. The number of phenols is 1. The molecule has 1 aliphatic heterocycles. The van der Waals surface area contributed by atoms with Crippen LogP contribution >= 0.6 is 0 Å². The Morgan fingerprint density at radius 3 is 2.41 bits per heavy atom. The van der Waals surface area contributed by atoms with Crippen LogP contribution in [0.15, 0.2) is 36.4 Å². The molecule has 0 saturated carbocycles. The van der Waals surface area contributed by atoms with Crippen molar-refractivity contribution in [1.29, 1.82) is 0 Å². The summed E-state index contributed by atoms with van der Waals surface area (Å²) in [5.74, 6) is 0.330. The van der Waals surface area contributed by atoms with Gasteiger partial charge in [-0.3, -0.25) is 9.59 Å². The number of rotatable bonds is 8. The molecule has 1 heterocycles. The van der Waals surface area contributed by atoms with Crippen molar-refractivity contribution >= 4 is 18.0 Å². The Labute approximate surface area is 186 Å². The van der Waals surface area contributed by atoms with Crippen LogP contribution in [0.25, 0.3) is 6.08 Å². The lowest BCUT2D eigenvalue weighted by Gasteiger charge is -2.20. The fourth-order valence-electron chi connectivity index (χ4n) is 3.57. The highest BCUT2D eigenvalue weighted by Gasteiger charge is 2.39. The van der Waals surface area contributed by atoms with Crippen LogP contribution < -0.4 is 14.2 Å². The van der Waals surface area contributed by atoms with Gasteiger partial charge in [0.2, 0.25) is 0 Å². The molecular formula is C24H26O8. The van der Waals surface area contributed by atoms with Gasteiger partial charge >= 0.3 is 11.9 Å². The van der Waals surface area contributed by atoms with Crippen LogP contribution in [0.2, 0.25) is 0 Å². The molecule has 8 nitrogen and oxygen atoms in total. The SMILES string of the molecule is COc1cc([C@H]2Oc3c(OC)cc(C=CCOC(C)=O)cc3[C@H]2COC(C)=O)ccc1O. The monoisotopic (exact) mass is 442 g/mol. The van der Waals surface area contributed by atoms with Crippen LogP contribution in [0, 0.1) is 0 Å². The predicted octanol–water partition coefficient (Wildman–Crippen LogP) is 3.77. The van der Waals surface area contributed by atoms with E-state index in [9.17, 15) is 14.7 Å². The highest BCUT2D eigenvalue weighted by molar-refractivity contribution is 5.67. The lowest BCUT2D eigenvalue weighted by Crippen LogP contribution is -2.17. The Morgan fingerprint density at radius 1 is 1.03 bits per heavy atom. The Balaban J connectivity index is 2.00. The first-order valence-electron chi connectivity index (χ1n) is 10.0. The number of hydrogen-bond donors (Lipinski definition) is 1. The first kappa shape index (κ1) is 23.0. The van der Waals surface area contributed by atoms with Gasteiger partial charge in [-0.25, -0.2) is 0 Å².